The summed E-state index contributed by atoms with van der Waals surface area (Å²) < 4.78 is 5.59. The second-order valence-electron chi connectivity index (χ2n) is 6.28. The maximum atomic E-state index is 5.59. The van der Waals surface area contributed by atoms with Crippen molar-refractivity contribution in [2.45, 2.75) is 52.5 Å². The molecule has 0 bridgehead atoms. The number of ether oxygens (including phenoxy) is 1. The number of aromatic amines is 1. The lowest BCUT2D eigenvalue weighted by atomic mass is 9.83. The fraction of sp³-hybridized carbons (Fsp3) is 0.765. The predicted molar refractivity (Wildman–Crippen MR) is 93.4 cm³/mol. The van der Waals surface area contributed by atoms with Crippen molar-refractivity contribution in [1.82, 2.24) is 20.8 Å². The van der Waals surface area contributed by atoms with E-state index in [0.717, 1.165) is 44.4 Å². The minimum atomic E-state index is 0.360. The molecule has 0 amide bonds. The molecular formula is C17H31N5O. The van der Waals surface area contributed by atoms with Crippen molar-refractivity contribution < 1.29 is 4.74 Å². The number of rotatable bonds is 9. The lowest BCUT2D eigenvalue weighted by Crippen LogP contribution is -2.43. The van der Waals surface area contributed by atoms with E-state index in [1.54, 1.807) is 6.20 Å². The molecule has 6 nitrogen and oxygen atoms in total. The monoisotopic (exact) mass is 321 g/mol. The summed E-state index contributed by atoms with van der Waals surface area (Å²) in [5, 5.41) is 13.8. The molecule has 0 saturated heterocycles. The van der Waals surface area contributed by atoms with E-state index >= 15 is 0 Å². The highest BCUT2D eigenvalue weighted by Crippen LogP contribution is 2.40. The smallest absolute Gasteiger partial charge is 0.191 e. The summed E-state index contributed by atoms with van der Waals surface area (Å²) in [7, 11) is 0. The molecule has 1 aliphatic rings. The fourth-order valence-corrected chi connectivity index (χ4v) is 3.22. The van der Waals surface area contributed by atoms with E-state index in [2.05, 4.69) is 39.7 Å². The second kappa shape index (κ2) is 9.55. The molecule has 0 aliphatic heterocycles. The Kier molecular flexibility index (Phi) is 7.39. The average molecular weight is 321 g/mol. The number of aliphatic imine (C=N–C) groups is 1. The summed E-state index contributed by atoms with van der Waals surface area (Å²) in [5.74, 6) is 0.879. The van der Waals surface area contributed by atoms with Crippen LogP contribution in [0.15, 0.2) is 17.3 Å². The molecular weight excluding hydrogens is 290 g/mol. The summed E-state index contributed by atoms with van der Waals surface area (Å²) in [4.78, 5) is 4.64. The van der Waals surface area contributed by atoms with Crippen LogP contribution in [0.3, 0.4) is 0 Å². The molecule has 6 heteroatoms. The van der Waals surface area contributed by atoms with E-state index in [1.165, 1.54) is 25.7 Å². The Morgan fingerprint density at radius 1 is 1.35 bits per heavy atom. The minimum absolute atomic E-state index is 0.360. The van der Waals surface area contributed by atoms with E-state index in [9.17, 15) is 0 Å². The van der Waals surface area contributed by atoms with Crippen LogP contribution in [-0.2, 0) is 11.3 Å². The van der Waals surface area contributed by atoms with Crippen LogP contribution in [0.1, 0.15) is 51.6 Å². The number of H-pyrrole nitrogens is 1. The molecule has 1 saturated carbocycles. The third-order valence-corrected chi connectivity index (χ3v) is 4.59. The van der Waals surface area contributed by atoms with Gasteiger partial charge in [-0.05, 0) is 44.6 Å². The van der Waals surface area contributed by atoms with Crippen molar-refractivity contribution in [3.05, 3.63) is 18.0 Å². The van der Waals surface area contributed by atoms with E-state index in [1.807, 2.05) is 6.07 Å². The summed E-state index contributed by atoms with van der Waals surface area (Å²) in [5.41, 5.74) is 1.38. The maximum Gasteiger partial charge on any atom is 0.191 e. The van der Waals surface area contributed by atoms with Crippen LogP contribution in [0.2, 0.25) is 0 Å². The Morgan fingerprint density at radius 2 is 2.17 bits per heavy atom. The lowest BCUT2D eigenvalue weighted by Gasteiger charge is -2.30. The van der Waals surface area contributed by atoms with Gasteiger partial charge in [0.2, 0.25) is 0 Å². The molecule has 1 fully saturated rings. The number of aromatic nitrogens is 2. The molecule has 0 unspecified atom stereocenters. The third-order valence-electron chi connectivity index (χ3n) is 4.59. The van der Waals surface area contributed by atoms with Gasteiger partial charge in [-0.25, -0.2) is 4.99 Å². The van der Waals surface area contributed by atoms with Gasteiger partial charge >= 0.3 is 0 Å². The number of hydrogen-bond acceptors (Lipinski definition) is 3. The Morgan fingerprint density at radius 3 is 2.83 bits per heavy atom. The van der Waals surface area contributed by atoms with Gasteiger partial charge in [0.05, 0.1) is 12.2 Å². The van der Waals surface area contributed by atoms with Crippen molar-refractivity contribution in [1.29, 1.82) is 0 Å². The van der Waals surface area contributed by atoms with Gasteiger partial charge in [0.1, 0.15) is 0 Å². The van der Waals surface area contributed by atoms with Gasteiger partial charge in [-0.2, -0.15) is 5.10 Å². The zero-order chi connectivity index (χ0) is 16.4. The number of nitrogens with zero attached hydrogens (tertiary/aromatic N) is 2. The summed E-state index contributed by atoms with van der Waals surface area (Å²) >= 11 is 0. The Hall–Kier alpha value is -1.56. The highest BCUT2D eigenvalue weighted by molar-refractivity contribution is 5.79. The zero-order valence-corrected chi connectivity index (χ0v) is 14.5. The molecule has 1 heterocycles. The van der Waals surface area contributed by atoms with Crippen molar-refractivity contribution in [2.24, 2.45) is 10.4 Å². The van der Waals surface area contributed by atoms with Gasteiger partial charge in [0.25, 0.3) is 0 Å². The standard InChI is InChI=1S/C17H31N5O/c1-3-18-16(19-13-15-7-11-21-22-15)20-14-17(8-5-6-9-17)10-12-23-4-2/h7,11H,3-6,8-10,12-14H2,1-2H3,(H,21,22)(H2,18,19,20). The minimum Gasteiger partial charge on any atom is -0.382 e. The highest BCUT2D eigenvalue weighted by atomic mass is 16.5. The van der Waals surface area contributed by atoms with Crippen molar-refractivity contribution >= 4 is 5.96 Å². The van der Waals surface area contributed by atoms with Crippen LogP contribution in [0.25, 0.3) is 0 Å². The van der Waals surface area contributed by atoms with Crippen LogP contribution < -0.4 is 10.6 Å². The van der Waals surface area contributed by atoms with Crippen LogP contribution >= 0.6 is 0 Å². The SMILES string of the molecule is CCNC(=NCc1ccn[nH]1)NCC1(CCOCC)CCCC1. The van der Waals surface area contributed by atoms with Crippen LogP contribution in [0, 0.1) is 5.41 Å². The summed E-state index contributed by atoms with van der Waals surface area (Å²) in [6, 6.07) is 1.95. The average Bonchev–Trinajstić information content (AvgIpc) is 3.23. The van der Waals surface area contributed by atoms with Crippen LogP contribution in [0.4, 0.5) is 0 Å². The third kappa shape index (κ3) is 5.86. The summed E-state index contributed by atoms with van der Waals surface area (Å²) in [6.07, 6.45) is 8.12. The highest BCUT2D eigenvalue weighted by Gasteiger charge is 2.33. The molecule has 1 aliphatic carbocycles. The molecule has 1 aromatic heterocycles. The van der Waals surface area contributed by atoms with E-state index in [4.69, 9.17) is 4.74 Å². The molecule has 0 radical (unpaired) electrons. The largest absolute Gasteiger partial charge is 0.382 e. The van der Waals surface area contributed by atoms with Gasteiger partial charge in [-0.15, -0.1) is 0 Å². The zero-order valence-electron chi connectivity index (χ0n) is 14.5. The van der Waals surface area contributed by atoms with Crippen LogP contribution in [0.5, 0.6) is 0 Å². The van der Waals surface area contributed by atoms with Crippen molar-refractivity contribution in [3.8, 4) is 0 Å². The Bertz CT molecular complexity index is 452. The van der Waals surface area contributed by atoms with Crippen LogP contribution in [-0.4, -0.2) is 42.5 Å². The molecule has 0 aromatic carbocycles. The summed E-state index contributed by atoms with van der Waals surface area (Å²) in [6.45, 7) is 8.26. The van der Waals surface area contributed by atoms with Gasteiger partial charge < -0.3 is 15.4 Å². The van der Waals surface area contributed by atoms with Crippen molar-refractivity contribution in [3.63, 3.8) is 0 Å². The van der Waals surface area contributed by atoms with Gasteiger partial charge in [0, 0.05) is 32.5 Å². The van der Waals surface area contributed by atoms with E-state index in [0.29, 0.717) is 12.0 Å². The Labute approximate surface area is 139 Å². The molecule has 1 aromatic rings. The fourth-order valence-electron chi connectivity index (χ4n) is 3.22. The van der Waals surface area contributed by atoms with Gasteiger partial charge in [-0.3, -0.25) is 5.10 Å². The second-order valence-corrected chi connectivity index (χ2v) is 6.28. The number of guanidine groups is 1. The van der Waals surface area contributed by atoms with Gasteiger partial charge in [-0.1, -0.05) is 12.8 Å². The quantitative estimate of drug-likeness (QED) is 0.371. The molecule has 3 N–H and O–H groups in total. The van der Waals surface area contributed by atoms with E-state index < -0.39 is 0 Å². The molecule has 2 rings (SSSR count). The first kappa shape index (κ1) is 17.8. The normalized spacial score (nSPS) is 17.4. The first-order valence-corrected chi connectivity index (χ1v) is 8.86. The van der Waals surface area contributed by atoms with Gasteiger partial charge in [0.15, 0.2) is 5.96 Å². The number of hydrogen-bond donors (Lipinski definition) is 3. The first-order chi connectivity index (χ1) is 11.3. The van der Waals surface area contributed by atoms with Crippen molar-refractivity contribution in [2.75, 3.05) is 26.3 Å². The molecule has 130 valence electrons. The molecule has 0 atom stereocenters. The molecule has 0 spiro atoms. The molecule has 23 heavy (non-hydrogen) atoms. The lowest BCUT2D eigenvalue weighted by molar-refractivity contribution is 0.105. The topological polar surface area (TPSA) is 74.3 Å². The van der Waals surface area contributed by atoms with E-state index in [-0.39, 0.29) is 0 Å². The number of nitrogens with one attached hydrogen (secondary N) is 3. The maximum absolute atomic E-state index is 5.59. The predicted octanol–water partition coefficient (Wildman–Crippen LogP) is 2.45. The first-order valence-electron chi connectivity index (χ1n) is 8.86. The Balaban J connectivity index is 1.88.